The van der Waals surface area contributed by atoms with E-state index in [-0.39, 0.29) is 18.5 Å². The molecule has 0 saturated carbocycles. The molecule has 0 saturated heterocycles. The molecule has 0 aromatic rings. The van der Waals surface area contributed by atoms with Gasteiger partial charge in [-0.1, -0.05) is 13.2 Å². The lowest BCUT2D eigenvalue weighted by atomic mass is 10.2. The Morgan fingerprint density at radius 3 is 2.24 bits per heavy atom. The first-order valence-corrected chi connectivity index (χ1v) is 5.47. The van der Waals surface area contributed by atoms with Crippen LogP contribution in [-0.4, -0.2) is 31.1 Å². The van der Waals surface area contributed by atoms with Gasteiger partial charge in [-0.05, 0) is 26.3 Å². The number of carbonyl (C=O) groups is 2. The molecule has 0 spiro atoms. The van der Waals surface area contributed by atoms with Gasteiger partial charge in [-0.3, -0.25) is 4.79 Å². The highest BCUT2D eigenvalue weighted by Gasteiger charge is 2.10. The van der Waals surface area contributed by atoms with Gasteiger partial charge in [0, 0.05) is 12.0 Å². The first kappa shape index (κ1) is 15.6. The maximum absolute atomic E-state index is 11.2. The number of allylic oxidation sites excluding steroid dienone is 1. The van der Waals surface area contributed by atoms with Crippen LogP contribution in [0.1, 0.15) is 27.2 Å². The quantitative estimate of drug-likeness (QED) is 0.370. The third-order valence-corrected chi connectivity index (χ3v) is 1.96. The van der Waals surface area contributed by atoms with Crippen LogP contribution in [0.2, 0.25) is 0 Å². The zero-order chi connectivity index (χ0) is 13.4. The maximum atomic E-state index is 11.2. The van der Waals surface area contributed by atoms with E-state index in [4.69, 9.17) is 9.47 Å². The van der Waals surface area contributed by atoms with Crippen LogP contribution in [0.5, 0.6) is 0 Å². The van der Waals surface area contributed by atoms with Crippen LogP contribution >= 0.6 is 0 Å². The summed E-state index contributed by atoms with van der Waals surface area (Å²) in [6, 6.07) is 0. The molecular weight excluding hydrogens is 220 g/mol. The van der Waals surface area contributed by atoms with E-state index in [1.165, 1.54) is 0 Å². The molecule has 0 aliphatic carbocycles. The molecule has 0 aliphatic heterocycles. The zero-order valence-corrected chi connectivity index (χ0v) is 10.7. The fourth-order valence-electron chi connectivity index (χ4n) is 0.945. The molecule has 0 aromatic heterocycles. The zero-order valence-electron chi connectivity index (χ0n) is 10.7. The molecule has 0 bridgehead atoms. The van der Waals surface area contributed by atoms with E-state index in [0.29, 0.717) is 24.2 Å². The van der Waals surface area contributed by atoms with Gasteiger partial charge in [0.15, 0.2) is 5.78 Å². The summed E-state index contributed by atoms with van der Waals surface area (Å²) in [7, 11) is 0. The summed E-state index contributed by atoms with van der Waals surface area (Å²) in [5.74, 6) is -0.448. The number of esters is 1. The van der Waals surface area contributed by atoms with Crippen molar-refractivity contribution >= 4 is 11.8 Å². The van der Waals surface area contributed by atoms with Crippen molar-refractivity contribution in [2.75, 3.05) is 13.2 Å². The van der Waals surface area contributed by atoms with E-state index < -0.39 is 5.97 Å². The van der Waals surface area contributed by atoms with E-state index in [2.05, 4.69) is 13.2 Å². The summed E-state index contributed by atoms with van der Waals surface area (Å²) in [4.78, 5) is 22.3. The van der Waals surface area contributed by atoms with Gasteiger partial charge in [-0.2, -0.15) is 0 Å². The standard InChI is InChI=1S/C13H20O4/c1-9(2)12(14)6-7-16-8-11(5)17-13(15)10(3)4/h11H,1,3,6-8H2,2,4-5H3. The van der Waals surface area contributed by atoms with Gasteiger partial charge in [0.2, 0.25) is 0 Å². The summed E-state index contributed by atoms with van der Waals surface area (Å²) < 4.78 is 10.2. The van der Waals surface area contributed by atoms with Gasteiger partial charge < -0.3 is 9.47 Å². The first-order chi connectivity index (χ1) is 7.84. The largest absolute Gasteiger partial charge is 0.457 e. The Balaban J connectivity index is 3.68. The van der Waals surface area contributed by atoms with Crippen molar-refractivity contribution in [1.82, 2.24) is 0 Å². The Kier molecular flexibility index (Phi) is 7.14. The molecule has 4 nitrogen and oxygen atoms in total. The Morgan fingerprint density at radius 2 is 1.76 bits per heavy atom. The molecule has 0 fully saturated rings. The summed E-state index contributed by atoms with van der Waals surface area (Å²) in [5, 5.41) is 0. The van der Waals surface area contributed by atoms with Crippen LogP contribution in [0.25, 0.3) is 0 Å². The molecular formula is C13H20O4. The van der Waals surface area contributed by atoms with E-state index >= 15 is 0 Å². The molecule has 17 heavy (non-hydrogen) atoms. The SMILES string of the molecule is C=C(C)C(=O)CCOCC(C)OC(=O)C(=C)C. The molecule has 0 amide bonds. The number of ether oxygens (including phenoxy) is 2. The Labute approximate surface area is 102 Å². The minimum atomic E-state index is -0.431. The first-order valence-electron chi connectivity index (χ1n) is 5.47. The van der Waals surface area contributed by atoms with Crippen molar-refractivity contribution in [1.29, 1.82) is 0 Å². The van der Waals surface area contributed by atoms with Gasteiger partial charge in [-0.15, -0.1) is 0 Å². The lowest BCUT2D eigenvalue weighted by Gasteiger charge is -2.13. The number of Topliss-reactive ketones (excluding diaryl/α,β-unsaturated/α-hetero) is 1. The van der Waals surface area contributed by atoms with Crippen molar-refractivity contribution in [3.63, 3.8) is 0 Å². The van der Waals surface area contributed by atoms with Gasteiger partial charge in [0.1, 0.15) is 6.10 Å². The van der Waals surface area contributed by atoms with Crippen molar-refractivity contribution < 1.29 is 19.1 Å². The van der Waals surface area contributed by atoms with E-state index in [0.717, 1.165) is 0 Å². The molecule has 0 heterocycles. The summed E-state index contributed by atoms with van der Waals surface area (Å²) >= 11 is 0. The third kappa shape index (κ3) is 7.47. The van der Waals surface area contributed by atoms with Crippen molar-refractivity contribution in [3.8, 4) is 0 Å². The molecule has 1 atom stereocenters. The van der Waals surface area contributed by atoms with E-state index in [9.17, 15) is 9.59 Å². The molecule has 1 unspecified atom stereocenters. The van der Waals surface area contributed by atoms with Gasteiger partial charge in [0.05, 0.1) is 13.2 Å². The maximum Gasteiger partial charge on any atom is 0.333 e. The number of hydrogen-bond donors (Lipinski definition) is 0. The molecule has 0 aromatic carbocycles. The summed E-state index contributed by atoms with van der Waals surface area (Å²) in [6.07, 6.45) is -0.0460. The second-order valence-electron chi connectivity index (χ2n) is 4.02. The highest BCUT2D eigenvalue weighted by Crippen LogP contribution is 2.00. The predicted molar refractivity (Wildman–Crippen MR) is 65.6 cm³/mol. The lowest BCUT2D eigenvalue weighted by molar-refractivity contribution is -0.146. The molecule has 0 rings (SSSR count). The normalized spacial score (nSPS) is 11.7. The summed E-state index contributed by atoms with van der Waals surface area (Å²) in [5.41, 5.74) is 0.879. The topological polar surface area (TPSA) is 52.6 Å². The predicted octanol–water partition coefficient (Wildman–Crippen LogP) is 2.05. The fourth-order valence-corrected chi connectivity index (χ4v) is 0.945. The Morgan fingerprint density at radius 1 is 1.18 bits per heavy atom. The number of ketones is 1. The molecule has 0 radical (unpaired) electrons. The van der Waals surface area contributed by atoms with Crippen molar-refractivity contribution in [2.45, 2.75) is 33.3 Å². The smallest absolute Gasteiger partial charge is 0.333 e. The second kappa shape index (κ2) is 7.79. The molecule has 0 N–H and O–H groups in total. The van der Waals surface area contributed by atoms with Crippen molar-refractivity contribution in [2.24, 2.45) is 0 Å². The molecule has 96 valence electrons. The lowest BCUT2D eigenvalue weighted by Crippen LogP contribution is -2.21. The fraction of sp³-hybridized carbons (Fsp3) is 0.538. The van der Waals surface area contributed by atoms with Crippen LogP contribution in [0.15, 0.2) is 24.3 Å². The van der Waals surface area contributed by atoms with Crippen LogP contribution in [0.4, 0.5) is 0 Å². The average Bonchev–Trinajstić information content (AvgIpc) is 2.23. The minimum absolute atomic E-state index is 0.0171. The van der Waals surface area contributed by atoms with E-state index in [1.54, 1.807) is 20.8 Å². The minimum Gasteiger partial charge on any atom is -0.457 e. The highest BCUT2D eigenvalue weighted by atomic mass is 16.6. The van der Waals surface area contributed by atoms with Gasteiger partial charge in [0.25, 0.3) is 0 Å². The number of carbonyl (C=O) groups excluding carboxylic acids is 2. The molecule has 4 heteroatoms. The van der Waals surface area contributed by atoms with Gasteiger partial charge >= 0.3 is 5.97 Å². The Bertz CT molecular complexity index is 317. The summed E-state index contributed by atoms with van der Waals surface area (Å²) in [6.45, 7) is 12.6. The second-order valence-corrected chi connectivity index (χ2v) is 4.02. The van der Waals surface area contributed by atoms with Gasteiger partial charge in [-0.25, -0.2) is 4.79 Å². The monoisotopic (exact) mass is 240 g/mol. The third-order valence-electron chi connectivity index (χ3n) is 1.96. The highest BCUT2D eigenvalue weighted by molar-refractivity contribution is 5.94. The number of rotatable bonds is 8. The average molecular weight is 240 g/mol. The van der Waals surface area contributed by atoms with Crippen LogP contribution in [0.3, 0.4) is 0 Å². The van der Waals surface area contributed by atoms with Crippen molar-refractivity contribution in [3.05, 3.63) is 24.3 Å². The van der Waals surface area contributed by atoms with E-state index in [1.807, 2.05) is 0 Å². The van der Waals surface area contributed by atoms with Crippen LogP contribution in [-0.2, 0) is 19.1 Å². The van der Waals surface area contributed by atoms with Crippen LogP contribution < -0.4 is 0 Å². The van der Waals surface area contributed by atoms with Crippen LogP contribution in [0, 0.1) is 0 Å². The Hall–Kier alpha value is -1.42. The number of hydrogen-bond acceptors (Lipinski definition) is 4. The molecule has 0 aliphatic rings.